The van der Waals surface area contributed by atoms with Crippen molar-refractivity contribution in [2.75, 3.05) is 19.7 Å². The fourth-order valence-electron chi connectivity index (χ4n) is 4.82. The minimum absolute atomic E-state index is 0.0227. The molecule has 1 fully saturated rings. The topological polar surface area (TPSA) is 137 Å². The maximum absolute atomic E-state index is 12.8. The van der Waals surface area contributed by atoms with Crippen molar-refractivity contribution in [2.45, 2.75) is 101 Å². The predicted octanol–water partition coefficient (Wildman–Crippen LogP) is 4.26. The molecule has 0 aromatic heterocycles. The van der Waals surface area contributed by atoms with Crippen molar-refractivity contribution in [1.82, 2.24) is 10.0 Å². The van der Waals surface area contributed by atoms with Gasteiger partial charge in [0.05, 0.1) is 24.2 Å². The quantitative estimate of drug-likeness (QED) is 0.131. The SMILES string of the molecule is CC(OCCCCCCNC[C@H](O)c1ccc(O)c(CO)c1)OCc1cccc(S(=O)(=O)NC2CCCCC2)c1. The molecule has 40 heavy (non-hydrogen) atoms. The van der Waals surface area contributed by atoms with Crippen LogP contribution in [0.3, 0.4) is 0 Å². The molecule has 3 rings (SSSR count). The molecule has 0 heterocycles. The summed E-state index contributed by atoms with van der Waals surface area (Å²) < 4.78 is 40.0. The van der Waals surface area contributed by atoms with Crippen molar-refractivity contribution in [1.29, 1.82) is 0 Å². The van der Waals surface area contributed by atoms with Gasteiger partial charge in [-0.05, 0) is 74.5 Å². The third-order valence-electron chi connectivity index (χ3n) is 7.22. The van der Waals surface area contributed by atoms with Crippen LogP contribution in [0.2, 0.25) is 0 Å². The highest BCUT2D eigenvalue weighted by molar-refractivity contribution is 7.89. The minimum Gasteiger partial charge on any atom is -0.508 e. The Balaban J connectivity index is 1.24. The van der Waals surface area contributed by atoms with Crippen LogP contribution in [-0.4, -0.2) is 55.8 Å². The van der Waals surface area contributed by atoms with Gasteiger partial charge in [0.1, 0.15) is 5.75 Å². The molecule has 224 valence electrons. The number of hydrogen-bond acceptors (Lipinski definition) is 8. The van der Waals surface area contributed by atoms with E-state index >= 15 is 0 Å². The number of aliphatic hydroxyl groups is 2. The summed E-state index contributed by atoms with van der Waals surface area (Å²) in [5.41, 5.74) is 1.85. The lowest BCUT2D eigenvalue weighted by Gasteiger charge is -2.22. The van der Waals surface area contributed by atoms with Gasteiger partial charge in [0.2, 0.25) is 10.0 Å². The molecule has 2 aromatic rings. The van der Waals surface area contributed by atoms with E-state index in [9.17, 15) is 23.7 Å². The molecule has 9 nitrogen and oxygen atoms in total. The van der Waals surface area contributed by atoms with E-state index in [0.29, 0.717) is 24.3 Å². The molecule has 1 aliphatic rings. The average molecular weight is 579 g/mol. The van der Waals surface area contributed by atoms with E-state index < -0.39 is 22.4 Å². The van der Waals surface area contributed by atoms with Crippen molar-refractivity contribution in [3.05, 3.63) is 59.2 Å². The van der Waals surface area contributed by atoms with E-state index in [1.807, 2.05) is 13.0 Å². The molecule has 2 atom stereocenters. The molecule has 0 aliphatic heterocycles. The molecule has 0 radical (unpaired) electrons. The fraction of sp³-hybridized carbons (Fsp3) is 0.600. The Labute approximate surface area is 239 Å². The molecule has 1 saturated carbocycles. The van der Waals surface area contributed by atoms with E-state index in [1.165, 1.54) is 12.5 Å². The highest BCUT2D eigenvalue weighted by Crippen LogP contribution is 2.23. The molecule has 2 aromatic carbocycles. The standard InChI is InChI=1S/C30H46N2O7S/c1-23(39-22-24-10-9-13-28(18-24)40(36,37)32-27-11-5-4-6-12-27)38-17-8-3-2-7-16-31-20-30(35)25-14-15-29(34)26(19-25)21-33/h9-10,13-15,18-19,23,27,30-35H,2-8,11-12,16-17,20-22H2,1H3/t23?,30-/m0/s1. The van der Waals surface area contributed by atoms with Gasteiger partial charge in [-0.1, -0.05) is 50.3 Å². The van der Waals surface area contributed by atoms with Crippen molar-refractivity contribution in [3.63, 3.8) is 0 Å². The monoisotopic (exact) mass is 578 g/mol. The number of hydrogen-bond donors (Lipinski definition) is 5. The van der Waals surface area contributed by atoms with Crippen molar-refractivity contribution in [2.24, 2.45) is 0 Å². The Morgan fingerprint density at radius 3 is 2.55 bits per heavy atom. The van der Waals surface area contributed by atoms with Gasteiger partial charge in [0, 0.05) is 24.8 Å². The smallest absolute Gasteiger partial charge is 0.240 e. The van der Waals surface area contributed by atoms with Crippen LogP contribution in [-0.2, 0) is 32.7 Å². The zero-order valence-electron chi connectivity index (χ0n) is 23.6. The molecule has 10 heteroatoms. The lowest BCUT2D eigenvalue weighted by molar-refractivity contribution is -0.138. The van der Waals surface area contributed by atoms with E-state index in [1.54, 1.807) is 30.3 Å². The van der Waals surface area contributed by atoms with Crippen LogP contribution in [0.15, 0.2) is 47.4 Å². The number of phenols is 1. The Bertz CT molecular complexity index is 1120. The van der Waals surface area contributed by atoms with Crippen LogP contribution in [0.5, 0.6) is 5.75 Å². The summed E-state index contributed by atoms with van der Waals surface area (Å²) in [6.45, 7) is 3.62. The van der Waals surface area contributed by atoms with E-state index in [-0.39, 0.29) is 29.9 Å². The molecule has 1 unspecified atom stereocenters. The predicted molar refractivity (Wildman–Crippen MR) is 154 cm³/mol. The first-order valence-corrected chi connectivity index (χ1v) is 15.9. The maximum atomic E-state index is 12.8. The van der Waals surface area contributed by atoms with Crippen LogP contribution in [0, 0.1) is 0 Å². The van der Waals surface area contributed by atoms with Crippen LogP contribution < -0.4 is 10.0 Å². The highest BCUT2D eigenvalue weighted by Gasteiger charge is 2.22. The summed E-state index contributed by atoms with van der Waals surface area (Å²) in [7, 11) is -3.54. The van der Waals surface area contributed by atoms with Gasteiger partial charge in [-0.3, -0.25) is 0 Å². The van der Waals surface area contributed by atoms with E-state index in [4.69, 9.17) is 9.47 Å². The summed E-state index contributed by atoms with van der Waals surface area (Å²) in [6.07, 6.45) is 7.94. The van der Waals surface area contributed by atoms with Gasteiger partial charge < -0.3 is 30.1 Å². The number of ether oxygens (including phenoxy) is 2. The summed E-state index contributed by atoms with van der Waals surface area (Å²) in [5.74, 6) is 0.0248. The normalized spacial score (nSPS) is 16.2. The van der Waals surface area contributed by atoms with Crippen molar-refractivity contribution in [3.8, 4) is 5.75 Å². The highest BCUT2D eigenvalue weighted by atomic mass is 32.2. The number of aromatic hydroxyl groups is 1. The minimum atomic E-state index is -3.54. The number of unbranched alkanes of at least 4 members (excludes halogenated alkanes) is 3. The summed E-state index contributed by atoms with van der Waals surface area (Å²) in [6, 6.07) is 11.7. The van der Waals surface area contributed by atoms with Crippen molar-refractivity contribution >= 4 is 10.0 Å². The maximum Gasteiger partial charge on any atom is 0.240 e. The third kappa shape index (κ3) is 11.1. The molecule has 5 N–H and O–H groups in total. The van der Waals surface area contributed by atoms with Crippen LogP contribution in [0.25, 0.3) is 0 Å². The number of rotatable bonds is 18. The molecule has 1 aliphatic carbocycles. The van der Waals surface area contributed by atoms with Gasteiger partial charge in [0.25, 0.3) is 0 Å². The summed E-state index contributed by atoms with van der Waals surface area (Å²) in [4.78, 5) is 0.271. The number of benzene rings is 2. The van der Waals surface area contributed by atoms with Gasteiger partial charge in [-0.15, -0.1) is 0 Å². The molecular formula is C30H46N2O7S. The van der Waals surface area contributed by atoms with E-state index in [0.717, 1.165) is 63.5 Å². The molecule has 0 saturated heterocycles. The molecule has 0 amide bonds. The largest absolute Gasteiger partial charge is 0.508 e. The second kappa shape index (κ2) is 17.0. The first kappa shape index (κ1) is 32.5. The Morgan fingerprint density at radius 1 is 1.00 bits per heavy atom. The number of aliphatic hydroxyl groups excluding tert-OH is 2. The van der Waals surface area contributed by atoms with Crippen molar-refractivity contribution < 1.29 is 33.2 Å². The van der Waals surface area contributed by atoms with E-state index in [2.05, 4.69) is 10.0 Å². The van der Waals surface area contributed by atoms with Gasteiger partial charge in [-0.25, -0.2) is 13.1 Å². The molecule has 0 spiro atoms. The first-order chi connectivity index (χ1) is 19.3. The summed E-state index contributed by atoms with van der Waals surface area (Å²) in [5, 5.41) is 32.4. The fourth-order valence-corrected chi connectivity index (χ4v) is 6.20. The Kier molecular flexibility index (Phi) is 13.8. The van der Waals surface area contributed by atoms with Gasteiger partial charge in [0.15, 0.2) is 6.29 Å². The second-order valence-corrected chi connectivity index (χ2v) is 12.2. The van der Waals surface area contributed by atoms with Crippen LogP contribution in [0.4, 0.5) is 0 Å². The Morgan fingerprint density at radius 2 is 1.77 bits per heavy atom. The third-order valence-corrected chi connectivity index (χ3v) is 8.74. The van der Waals surface area contributed by atoms with Gasteiger partial charge >= 0.3 is 0 Å². The number of sulfonamides is 1. The molecule has 0 bridgehead atoms. The summed E-state index contributed by atoms with van der Waals surface area (Å²) >= 11 is 0. The van der Waals surface area contributed by atoms with Crippen LogP contribution in [0.1, 0.15) is 87.5 Å². The zero-order chi connectivity index (χ0) is 28.8. The number of nitrogens with one attached hydrogen (secondary N) is 2. The average Bonchev–Trinajstić information content (AvgIpc) is 2.95. The first-order valence-electron chi connectivity index (χ1n) is 14.4. The lowest BCUT2D eigenvalue weighted by Crippen LogP contribution is -2.36. The second-order valence-electron chi connectivity index (χ2n) is 10.5. The zero-order valence-corrected chi connectivity index (χ0v) is 24.4. The Hall–Kier alpha value is -2.05. The molecular weight excluding hydrogens is 532 g/mol. The van der Waals surface area contributed by atoms with Crippen LogP contribution >= 0.6 is 0 Å². The lowest BCUT2D eigenvalue weighted by atomic mass is 9.96. The van der Waals surface area contributed by atoms with Gasteiger partial charge in [-0.2, -0.15) is 0 Å².